The Hall–Kier alpha value is -3.34. The van der Waals surface area contributed by atoms with E-state index in [0.717, 1.165) is 16.7 Å². The minimum absolute atomic E-state index is 0.00963. The fraction of sp³-hybridized carbons (Fsp3) is 0.143. The van der Waals surface area contributed by atoms with Crippen molar-refractivity contribution in [3.05, 3.63) is 88.3 Å². The summed E-state index contributed by atoms with van der Waals surface area (Å²) in [6.45, 7) is 0.436. The number of nitrogens with zero attached hydrogens (tertiary/aromatic N) is 1. The Morgan fingerprint density at radius 2 is 1.46 bits per heavy atom. The van der Waals surface area contributed by atoms with Crippen molar-refractivity contribution in [2.24, 2.45) is 5.18 Å². The molecule has 2 N–H and O–H groups in total. The highest BCUT2D eigenvalue weighted by Gasteiger charge is 2.33. The molecule has 1 aliphatic rings. The van der Waals surface area contributed by atoms with Crippen molar-refractivity contribution in [2.75, 3.05) is 6.61 Å². The van der Waals surface area contributed by atoms with E-state index in [2.05, 4.69) is 5.18 Å². The van der Waals surface area contributed by atoms with E-state index in [9.17, 15) is 15.1 Å². The van der Waals surface area contributed by atoms with E-state index in [1.54, 1.807) is 36.4 Å². The van der Waals surface area contributed by atoms with Gasteiger partial charge < -0.3 is 14.9 Å². The van der Waals surface area contributed by atoms with Crippen LogP contribution in [0.25, 0.3) is 0 Å². The lowest BCUT2D eigenvalue weighted by molar-refractivity contribution is 0.249. The highest BCUT2D eigenvalue weighted by atomic mass is 16.5. The van der Waals surface area contributed by atoms with Crippen molar-refractivity contribution in [1.29, 1.82) is 0 Å². The van der Waals surface area contributed by atoms with Gasteiger partial charge in [0.05, 0.1) is 6.61 Å². The molecule has 5 nitrogen and oxygen atoms in total. The van der Waals surface area contributed by atoms with E-state index in [1.807, 2.05) is 30.3 Å². The molecule has 0 spiro atoms. The Morgan fingerprint density at radius 1 is 0.846 bits per heavy atom. The van der Waals surface area contributed by atoms with E-state index < -0.39 is 0 Å². The molecule has 0 aliphatic carbocycles. The number of hydrogen-bond donors (Lipinski definition) is 2. The summed E-state index contributed by atoms with van der Waals surface area (Å²) in [7, 11) is 0. The molecule has 130 valence electrons. The quantitative estimate of drug-likeness (QED) is 0.667. The molecule has 26 heavy (non-hydrogen) atoms. The molecule has 0 bridgehead atoms. The monoisotopic (exact) mass is 347 g/mol. The van der Waals surface area contributed by atoms with Crippen LogP contribution in [-0.2, 0) is 0 Å². The van der Waals surface area contributed by atoms with E-state index in [1.165, 1.54) is 0 Å². The normalized spacial score (nSPS) is 18.6. The number of benzene rings is 3. The number of phenols is 2. The number of phenolic OH excluding ortho intramolecular Hbond substituents is 2. The molecule has 1 aliphatic heterocycles. The number of ether oxygens (including phenoxy) is 1. The van der Waals surface area contributed by atoms with Gasteiger partial charge in [-0.15, -0.1) is 4.91 Å². The summed E-state index contributed by atoms with van der Waals surface area (Å²) >= 11 is 0. The highest BCUT2D eigenvalue weighted by molar-refractivity contribution is 5.54. The predicted molar refractivity (Wildman–Crippen MR) is 98.2 cm³/mol. The van der Waals surface area contributed by atoms with Crippen LogP contribution in [0.15, 0.2) is 71.9 Å². The minimum atomic E-state index is -0.00963. The zero-order valence-electron chi connectivity index (χ0n) is 13.9. The van der Waals surface area contributed by atoms with Crippen LogP contribution in [0.4, 0.5) is 5.69 Å². The molecule has 2 atom stereocenters. The van der Waals surface area contributed by atoms with Crippen molar-refractivity contribution in [3.8, 4) is 17.2 Å². The van der Waals surface area contributed by atoms with Crippen LogP contribution in [0.3, 0.4) is 0 Å². The van der Waals surface area contributed by atoms with Gasteiger partial charge >= 0.3 is 0 Å². The second kappa shape index (κ2) is 6.52. The summed E-state index contributed by atoms with van der Waals surface area (Å²) in [6.07, 6.45) is 0. The van der Waals surface area contributed by atoms with Gasteiger partial charge in [0.1, 0.15) is 22.9 Å². The van der Waals surface area contributed by atoms with Gasteiger partial charge in [-0.05, 0) is 46.6 Å². The van der Waals surface area contributed by atoms with Gasteiger partial charge in [0.2, 0.25) is 0 Å². The van der Waals surface area contributed by atoms with Gasteiger partial charge in [-0.1, -0.05) is 30.3 Å². The largest absolute Gasteiger partial charge is 0.508 e. The van der Waals surface area contributed by atoms with Gasteiger partial charge in [-0.25, -0.2) is 0 Å². The summed E-state index contributed by atoms with van der Waals surface area (Å²) in [4.78, 5) is 10.8. The van der Waals surface area contributed by atoms with Crippen molar-refractivity contribution in [2.45, 2.75) is 11.8 Å². The molecule has 3 aromatic rings. The number of aromatic hydroxyl groups is 2. The number of fused-ring (bicyclic) bond motifs is 1. The molecular weight excluding hydrogens is 330 g/mol. The standard InChI is InChI=1S/C21H17NO4/c23-16-6-1-13(2-7-16)19-12-26-20-11-15(22-25)5-10-18(20)21(19)14-3-8-17(24)9-4-14/h1-11,19,21,23-24H,12H2. The van der Waals surface area contributed by atoms with Crippen LogP contribution in [-0.4, -0.2) is 16.8 Å². The first-order valence-corrected chi connectivity index (χ1v) is 8.33. The summed E-state index contributed by atoms with van der Waals surface area (Å²) in [6, 6.07) is 19.4. The molecule has 5 heteroatoms. The fourth-order valence-electron chi connectivity index (χ4n) is 3.56. The van der Waals surface area contributed by atoms with Crippen LogP contribution in [0.5, 0.6) is 17.2 Å². The van der Waals surface area contributed by atoms with Crippen LogP contribution < -0.4 is 4.74 Å². The molecule has 4 rings (SSSR count). The second-order valence-electron chi connectivity index (χ2n) is 6.39. The average molecular weight is 347 g/mol. The Balaban J connectivity index is 1.84. The number of rotatable bonds is 3. The lowest BCUT2D eigenvalue weighted by Gasteiger charge is -2.34. The molecular formula is C21H17NO4. The summed E-state index contributed by atoms with van der Waals surface area (Å²) in [5.74, 6) is 1.10. The van der Waals surface area contributed by atoms with Crippen LogP contribution in [0.1, 0.15) is 28.5 Å². The highest BCUT2D eigenvalue weighted by Crippen LogP contribution is 2.47. The zero-order valence-corrected chi connectivity index (χ0v) is 13.9. The van der Waals surface area contributed by atoms with Crippen LogP contribution >= 0.6 is 0 Å². The average Bonchev–Trinajstić information content (AvgIpc) is 2.68. The molecule has 2 unspecified atom stereocenters. The van der Waals surface area contributed by atoms with E-state index in [4.69, 9.17) is 4.74 Å². The van der Waals surface area contributed by atoms with Crippen molar-refractivity contribution >= 4 is 5.69 Å². The molecule has 0 amide bonds. The molecule has 1 heterocycles. The Morgan fingerprint density at radius 3 is 2.08 bits per heavy atom. The third kappa shape index (κ3) is 2.88. The first kappa shape index (κ1) is 16.1. The number of nitroso groups, excluding NO2 is 1. The predicted octanol–water partition coefficient (Wildman–Crippen LogP) is 4.80. The Bertz CT molecular complexity index is 935. The zero-order chi connectivity index (χ0) is 18.1. The number of hydrogen-bond acceptors (Lipinski definition) is 5. The van der Waals surface area contributed by atoms with Crippen molar-refractivity contribution in [1.82, 2.24) is 0 Å². The molecule has 0 saturated carbocycles. The summed E-state index contributed by atoms with van der Waals surface area (Å²) in [5.41, 5.74) is 3.38. The van der Waals surface area contributed by atoms with Gasteiger partial charge in [0, 0.05) is 23.5 Å². The Labute approximate surface area is 150 Å². The topological polar surface area (TPSA) is 79.1 Å². The van der Waals surface area contributed by atoms with Gasteiger partial charge in [-0.3, -0.25) is 0 Å². The van der Waals surface area contributed by atoms with Crippen LogP contribution in [0, 0.1) is 4.91 Å². The van der Waals surface area contributed by atoms with Gasteiger partial charge in [0.15, 0.2) is 0 Å². The summed E-state index contributed by atoms with van der Waals surface area (Å²) in [5, 5.41) is 22.2. The van der Waals surface area contributed by atoms with Crippen LogP contribution in [0.2, 0.25) is 0 Å². The van der Waals surface area contributed by atoms with Gasteiger partial charge in [0.25, 0.3) is 0 Å². The SMILES string of the molecule is O=Nc1ccc2c(c1)OCC(c1ccc(O)cc1)C2c1ccc(O)cc1. The maximum atomic E-state index is 10.8. The second-order valence-corrected chi connectivity index (χ2v) is 6.39. The molecule has 0 fully saturated rings. The molecule has 0 radical (unpaired) electrons. The molecule has 0 saturated heterocycles. The van der Waals surface area contributed by atoms with E-state index in [0.29, 0.717) is 18.0 Å². The third-order valence-electron chi connectivity index (χ3n) is 4.83. The first-order valence-electron chi connectivity index (χ1n) is 8.33. The van der Waals surface area contributed by atoms with E-state index >= 15 is 0 Å². The maximum Gasteiger partial charge on any atom is 0.125 e. The first-order chi connectivity index (χ1) is 12.7. The van der Waals surface area contributed by atoms with Crippen molar-refractivity contribution in [3.63, 3.8) is 0 Å². The molecule has 0 aromatic heterocycles. The smallest absolute Gasteiger partial charge is 0.125 e. The lowest BCUT2D eigenvalue weighted by atomic mass is 9.76. The maximum absolute atomic E-state index is 10.8. The minimum Gasteiger partial charge on any atom is -0.508 e. The van der Waals surface area contributed by atoms with E-state index in [-0.39, 0.29) is 23.3 Å². The third-order valence-corrected chi connectivity index (χ3v) is 4.83. The molecule has 3 aromatic carbocycles. The van der Waals surface area contributed by atoms with Gasteiger partial charge in [-0.2, -0.15) is 0 Å². The summed E-state index contributed by atoms with van der Waals surface area (Å²) < 4.78 is 5.93. The lowest BCUT2D eigenvalue weighted by Crippen LogP contribution is -2.25. The van der Waals surface area contributed by atoms with Crippen molar-refractivity contribution < 1.29 is 14.9 Å². The Kier molecular flexibility index (Phi) is 4.05. The fourth-order valence-corrected chi connectivity index (χ4v) is 3.56.